The Morgan fingerprint density at radius 3 is 1.38 bits per heavy atom. The summed E-state index contributed by atoms with van der Waals surface area (Å²) in [6.07, 6.45) is 0. The van der Waals surface area contributed by atoms with Gasteiger partial charge in [0.1, 0.15) is 9.79 Å². The number of hydrogen-bond acceptors (Lipinski definition) is 8. The minimum atomic E-state index is -3.99. The van der Waals surface area contributed by atoms with Gasteiger partial charge in [-0.25, -0.2) is 0 Å². The first-order valence-corrected chi connectivity index (χ1v) is 12.4. The first kappa shape index (κ1) is 21.8. The molecule has 0 amide bonds. The van der Waals surface area contributed by atoms with Crippen LogP contribution in [0, 0.1) is 0 Å². The van der Waals surface area contributed by atoms with Crippen molar-refractivity contribution in [3.8, 4) is 0 Å². The van der Waals surface area contributed by atoms with Crippen LogP contribution < -0.4 is 0 Å². The third kappa shape index (κ3) is 5.08. The van der Waals surface area contributed by atoms with E-state index in [1.54, 1.807) is 0 Å². The molecular weight excluding hydrogens is 463 g/mol. The molecule has 0 unspecified atom stereocenters. The molecule has 0 aromatic heterocycles. The smallest absolute Gasteiger partial charge is 0.270 e. The van der Waals surface area contributed by atoms with Gasteiger partial charge in [0, 0.05) is 19.8 Å². The molecule has 6 nitrogen and oxygen atoms in total. The van der Waals surface area contributed by atoms with Gasteiger partial charge in [0.2, 0.25) is 0 Å². The van der Waals surface area contributed by atoms with Crippen LogP contribution in [0.15, 0.2) is 56.0 Å². The molecule has 142 valence electrons. The van der Waals surface area contributed by atoms with E-state index in [1.165, 1.54) is 36.4 Å². The number of rotatable bonds is 7. The van der Waals surface area contributed by atoms with Crippen LogP contribution in [0.4, 0.5) is 0 Å². The van der Waals surface area contributed by atoms with Crippen molar-refractivity contribution < 1.29 is 25.2 Å². The minimum absolute atomic E-state index is 0.116. The predicted octanol–water partition coefficient (Wildman–Crippen LogP) is 4.46. The molecular formula is C14H12Cl2O6S4. The van der Waals surface area contributed by atoms with Crippen molar-refractivity contribution in [1.82, 2.24) is 0 Å². The second-order valence-corrected chi connectivity index (χ2v) is 11.0. The summed E-state index contributed by atoms with van der Waals surface area (Å²) in [5.74, 6) is 0. The summed E-state index contributed by atoms with van der Waals surface area (Å²) in [5.41, 5.74) is 0. The summed E-state index contributed by atoms with van der Waals surface area (Å²) < 4.78 is 57.3. The van der Waals surface area contributed by atoms with Crippen LogP contribution in [0.25, 0.3) is 0 Å². The SMILES string of the molecule is COS(=O)(=O)c1cc(Cl)ccc1SSc1ccc(Cl)cc1S(=O)(=O)OC. The summed E-state index contributed by atoms with van der Waals surface area (Å²) in [6, 6.07) is 8.58. The minimum Gasteiger partial charge on any atom is -0.270 e. The molecule has 12 heteroatoms. The van der Waals surface area contributed by atoms with Crippen molar-refractivity contribution in [2.24, 2.45) is 0 Å². The summed E-state index contributed by atoms with van der Waals surface area (Å²) in [5, 5.41) is 0.452. The third-order valence-electron chi connectivity index (χ3n) is 3.01. The highest BCUT2D eigenvalue weighted by Gasteiger charge is 2.22. The van der Waals surface area contributed by atoms with E-state index in [9.17, 15) is 16.8 Å². The van der Waals surface area contributed by atoms with Gasteiger partial charge >= 0.3 is 0 Å². The summed E-state index contributed by atoms with van der Waals surface area (Å²) >= 11 is 11.7. The molecule has 0 bridgehead atoms. The zero-order valence-corrected chi connectivity index (χ0v) is 18.1. The lowest BCUT2D eigenvalue weighted by molar-refractivity contribution is 0.395. The second-order valence-electron chi connectivity index (χ2n) is 4.59. The Hall–Kier alpha value is -0.460. The molecule has 0 spiro atoms. The predicted molar refractivity (Wildman–Crippen MR) is 103 cm³/mol. The van der Waals surface area contributed by atoms with E-state index >= 15 is 0 Å². The molecule has 0 heterocycles. The zero-order chi connectivity index (χ0) is 19.5. The van der Waals surface area contributed by atoms with E-state index in [0.717, 1.165) is 35.8 Å². The maximum Gasteiger partial charge on any atom is 0.297 e. The van der Waals surface area contributed by atoms with Crippen LogP contribution in [0.5, 0.6) is 0 Å². The first-order chi connectivity index (χ1) is 12.1. The summed E-state index contributed by atoms with van der Waals surface area (Å²) in [6.45, 7) is 0. The lowest BCUT2D eigenvalue weighted by Gasteiger charge is -2.11. The van der Waals surface area contributed by atoms with Crippen LogP contribution in [-0.2, 0) is 28.6 Å². The van der Waals surface area contributed by atoms with Gasteiger partial charge in [0.15, 0.2) is 0 Å². The third-order valence-corrected chi connectivity index (χ3v) is 8.85. The maximum atomic E-state index is 12.1. The standard InChI is InChI=1S/C14H12Cl2O6S4/c1-21-25(17,18)13-7-9(15)3-5-11(13)23-24-12-6-4-10(16)8-14(12)26(19,20)22-2/h3-8H,1-2H3. The molecule has 0 aliphatic rings. The Balaban J connectivity index is 2.43. The summed E-state index contributed by atoms with van der Waals surface area (Å²) in [4.78, 5) is 0.430. The largest absolute Gasteiger partial charge is 0.297 e. The maximum absolute atomic E-state index is 12.1. The van der Waals surface area contributed by atoms with Gasteiger partial charge in [0.25, 0.3) is 20.2 Å². The second kappa shape index (κ2) is 8.70. The molecule has 0 saturated carbocycles. The molecule has 0 aliphatic carbocycles. The van der Waals surface area contributed by atoms with E-state index in [-0.39, 0.29) is 19.8 Å². The van der Waals surface area contributed by atoms with Crippen molar-refractivity contribution >= 4 is 65.0 Å². The van der Waals surface area contributed by atoms with E-state index in [2.05, 4.69) is 8.37 Å². The fourth-order valence-electron chi connectivity index (χ4n) is 1.76. The molecule has 26 heavy (non-hydrogen) atoms. The van der Waals surface area contributed by atoms with Crippen molar-refractivity contribution in [1.29, 1.82) is 0 Å². The molecule has 0 atom stereocenters. The van der Waals surface area contributed by atoms with Gasteiger partial charge in [0.05, 0.1) is 14.2 Å². The Morgan fingerprint density at radius 1 is 0.731 bits per heavy atom. The Kier molecular flexibility index (Phi) is 7.30. The lowest BCUT2D eigenvalue weighted by atomic mass is 10.4. The van der Waals surface area contributed by atoms with Crippen molar-refractivity contribution in [2.45, 2.75) is 19.6 Å². The van der Waals surface area contributed by atoms with E-state index < -0.39 is 20.2 Å². The highest BCUT2D eigenvalue weighted by atomic mass is 35.5. The monoisotopic (exact) mass is 474 g/mol. The van der Waals surface area contributed by atoms with Gasteiger partial charge in [-0.05, 0) is 36.4 Å². The lowest BCUT2D eigenvalue weighted by Crippen LogP contribution is -2.05. The molecule has 0 aliphatic heterocycles. The van der Waals surface area contributed by atoms with Gasteiger partial charge in [-0.3, -0.25) is 8.37 Å². The van der Waals surface area contributed by atoms with Crippen LogP contribution in [-0.4, -0.2) is 31.1 Å². The zero-order valence-electron chi connectivity index (χ0n) is 13.3. The van der Waals surface area contributed by atoms with Crippen LogP contribution in [0.2, 0.25) is 10.0 Å². The van der Waals surface area contributed by atoms with Gasteiger partial charge in [-0.15, -0.1) is 0 Å². The topological polar surface area (TPSA) is 86.7 Å². The number of halogens is 2. The van der Waals surface area contributed by atoms with Crippen LogP contribution in [0.1, 0.15) is 0 Å². The van der Waals surface area contributed by atoms with Crippen molar-refractivity contribution in [3.05, 3.63) is 46.4 Å². The highest BCUT2D eigenvalue weighted by Crippen LogP contribution is 2.44. The fourth-order valence-corrected chi connectivity index (χ4v) is 7.06. The van der Waals surface area contributed by atoms with E-state index in [1.807, 2.05) is 0 Å². The average molecular weight is 475 g/mol. The normalized spacial score (nSPS) is 12.3. The van der Waals surface area contributed by atoms with Crippen molar-refractivity contribution in [3.63, 3.8) is 0 Å². The molecule has 2 rings (SSSR count). The molecule has 0 N–H and O–H groups in total. The Morgan fingerprint density at radius 2 is 1.08 bits per heavy atom. The number of hydrogen-bond donors (Lipinski definition) is 0. The van der Waals surface area contributed by atoms with E-state index in [0.29, 0.717) is 9.79 Å². The van der Waals surface area contributed by atoms with Gasteiger partial charge < -0.3 is 0 Å². The quantitative estimate of drug-likeness (QED) is 0.429. The van der Waals surface area contributed by atoms with Crippen LogP contribution >= 0.6 is 44.8 Å². The highest BCUT2D eigenvalue weighted by molar-refractivity contribution is 8.76. The van der Waals surface area contributed by atoms with Crippen molar-refractivity contribution in [2.75, 3.05) is 14.2 Å². The van der Waals surface area contributed by atoms with Crippen LogP contribution in [0.3, 0.4) is 0 Å². The molecule has 0 fully saturated rings. The first-order valence-electron chi connectivity index (χ1n) is 6.65. The molecule has 0 saturated heterocycles. The van der Waals surface area contributed by atoms with Gasteiger partial charge in [-0.2, -0.15) is 16.8 Å². The number of benzene rings is 2. The van der Waals surface area contributed by atoms with E-state index in [4.69, 9.17) is 23.2 Å². The fraction of sp³-hybridized carbons (Fsp3) is 0.143. The molecule has 0 radical (unpaired) electrons. The average Bonchev–Trinajstić information content (AvgIpc) is 2.61. The van der Waals surface area contributed by atoms with Gasteiger partial charge in [-0.1, -0.05) is 44.8 Å². The summed E-state index contributed by atoms with van der Waals surface area (Å²) in [7, 11) is -3.83. The Bertz CT molecular complexity index is 938. The molecule has 2 aromatic rings. The molecule has 2 aromatic carbocycles. The Labute approximate surface area is 169 Å².